The minimum atomic E-state index is -0.158. The number of carbonyl (C=O) groups excluding carboxylic acids is 1. The highest BCUT2D eigenvalue weighted by atomic mass is 32.1. The Morgan fingerprint density at radius 1 is 1.19 bits per heavy atom. The van der Waals surface area contributed by atoms with Gasteiger partial charge in [0.05, 0.1) is 23.9 Å². The maximum atomic E-state index is 12.5. The summed E-state index contributed by atoms with van der Waals surface area (Å²) in [6, 6.07) is 0. The van der Waals surface area contributed by atoms with Crippen LogP contribution in [0.2, 0.25) is 0 Å². The van der Waals surface area contributed by atoms with Gasteiger partial charge in [-0.3, -0.25) is 14.6 Å². The van der Waals surface area contributed by atoms with Gasteiger partial charge in [0.2, 0.25) is 11.9 Å². The number of ether oxygens (including phenoxy) is 1. The molecule has 0 unspecified atom stereocenters. The Kier molecular flexibility index (Phi) is 7.34. The molecule has 1 saturated heterocycles. The van der Waals surface area contributed by atoms with Gasteiger partial charge in [0.1, 0.15) is 0 Å². The monoisotopic (exact) mass is 445 g/mol. The van der Waals surface area contributed by atoms with Crippen LogP contribution < -0.4 is 15.8 Å². The number of carbonyl (C=O) groups is 1. The molecule has 0 bridgehead atoms. The average molecular weight is 446 g/mol. The van der Waals surface area contributed by atoms with E-state index < -0.39 is 0 Å². The van der Waals surface area contributed by atoms with Crippen LogP contribution in [-0.4, -0.2) is 53.7 Å². The maximum absolute atomic E-state index is 12.5. The molecule has 2 aliphatic rings. The number of fused-ring (bicyclic) bond motifs is 1. The fourth-order valence-electron chi connectivity index (χ4n) is 4.12. The van der Waals surface area contributed by atoms with Gasteiger partial charge in [0.15, 0.2) is 0 Å². The molecular weight excluding hydrogens is 414 g/mol. The highest BCUT2D eigenvalue weighted by molar-refractivity contribution is 7.11. The van der Waals surface area contributed by atoms with Crippen molar-refractivity contribution >= 4 is 23.2 Å². The van der Waals surface area contributed by atoms with Gasteiger partial charge in [-0.1, -0.05) is 0 Å². The number of nitrogens with one attached hydrogen (secondary N) is 2. The van der Waals surface area contributed by atoms with Crippen molar-refractivity contribution in [1.82, 2.24) is 20.3 Å². The second kappa shape index (κ2) is 10.4. The topological polar surface area (TPSA) is 100 Å². The Morgan fingerprint density at radius 3 is 2.77 bits per heavy atom. The van der Waals surface area contributed by atoms with Gasteiger partial charge in [0.25, 0.3) is 5.56 Å². The van der Waals surface area contributed by atoms with Crippen molar-refractivity contribution in [2.24, 2.45) is 0 Å². The van der Waals surface area contributed by atoms with Crippen molar-refractivity contribution in [2.75, 3.05) is 37.7 Å². The van der Waals surface area contributed by atoms with Crippen molar-refractivity contribution in [3.05, 3.63) is 37.2 Å². The molecule has 4 rings (SSSR count). The molecule has 2 N–H and O–H groups in total. The third-order valence-corrected chi connectivity index (χ3v) is 7.12. The van der Waals surface area contributed by atoms with E-state index in [1.165, 1.54) is 34.8 Å². The van der Waals surface area contributed by atoms with E-state index in [1.54, 1.807) is 0 Å². The standard InChI is InChI=1S/C22H31N5O3S/c1-15-16(21(29)26-22(24-15)27-11-13-30-14-12-27)8-9-19(28)23-10-4-7-20-25-17-5-2-3-6-18(17)31-20/h2-14H2,1H3,(H,23,28)(H,24,26,29). The smallest absolute Gasteiger partial charge is 0.255 e. The third kappa shape index (κ3) is 5.71. The highest BCUT2D eigenvalue weighted by Crippen LogP contribution is 2.27. The SMILES string of the molecule is Cc1nc(N2CCOCC2)[nH]c(=O)c1CCC(=O)NCCCc1nc2c(s1)CCCC2. The zero-order valence-corrected chi connectivity index (χ0v) is 19.0. The van der Waals surface area contributed by atoms with Crippen LogP contribution in [0.25, 0.3) is 0 Å². The van der Waals surface area contributed by atoms with E-state index >= 15 is 0 Å². The van der Waals surface area contributed by atoms with Gasteiger partial charge < -0.3 is 15.0 Å². The number of morpholine rings is 1. The fraction of sp³-hybridized carbons (Fsp3) is 0.636. The molecule has 0 radical (unpaired) electrons. The first-order valence-electron chi connectivity index (χ1n) is 11.3. The summed E-state index contributed by atoms with van der Waals surface area (Å²) in [6.07, 6.45) is 7.28. The van der Waals surface area contributed by atoms with Gasteiger partial charge in [-0.2, -0.15) is 0 Å². The first kappa shape index (κ1) is 22.0. The summed E-state index contributed by atoms with van der Waals surface area (Å²) in [7, 11) is 0. The van der Waals surface area contributed by atoms with Gasteiger partial charge in [-0.25, -0.2) is 9.97 Å². The minimum Gasteiger partial charge on any atom is -0.378 e. The fourth-order valence-corrected chi connectivity index (χ4v) is 5.32. The van der Waals surface area contributed by atoms with Gasteiger partial charge in [0, 0.05) is 48.6 Å². The molecule has 0 aromatic carbocycles. The molecule has 0 spiro atoms. The second-order valence-corrected chi connectivity index (χ2v) is 9.36. The summed E-state index contributed by atoms with van der Waals surface area (Å²) < 4.78 is 5.35. The summed E-state index contributed by atoms with van der Waals surface area (Å²) in [4.78, 5) is 40.4. The molecular formula is C22H31N5O3S. The van der Waals surface area contributed by atoms with E-state index in [-0.39, 0.29) is 17.9 Å². The number of amides is 1. The average Bonchev–Trinajstić information content (AvgIpc) is 3.19. The lowest BCUT2D eigenvalue weighted by Gasteiger charge is -2.27. The Labute approximate surface area is 186 Å². The molecule has 1 fully saturated rings. The highest BCUT2D eigenvalue weighted by Gasteiger charge is 2.17. The number of hydrogen-bond acceptors (Lipinski definition) is 7. The molecule has 0 atom stereocenters. The van der Waals surface area contributed by atoms with Crippen molar-refractivity contribution in [3.63, 3.8) is 0 Å². The van der Waals surface area contributed by atoms with E-state index in [0.29, 0.717) is 56.5 Å². The predicted molar refractivity (Wildman–Crippen MR) is 121 cm³/mol. The summed E-state index contributed by atoms with van der Waals surface area (Å²) >= 11 is 1.84. The van der Waals surface area contributed by atoms with E-state index in [4.69, 9.17) is 9.72 Å². The van der Waals surface area contributed by atoms with Crippen LogP contribution in [0.5, 0.6) is 0 Å². The Hall–Kier alpha value is -2.26. The van der Waals surface area contributed by atoms with Crippen molar-refractivity contribution in [3.8, 4) is 0 Å². The normalized spacial score (nSPS) is 16.2. The lowest BCUT2D eigenvalue weighted by atomic mass is 10.0. The van der Waals surface area contributed by atoms with Gasteiger partial charge >= 0.3 is 0 Å². The van der Waals surface area contributed by atoms with Crippen LogP contribution in [-0.2, 0) is 35.2 Å². The molecule has 1 aliphatic carbocycles. The van der Waals surface area contributed by atoms with E-state index in [0.717, 1.165) is 19.3 Å². The van der Waals surface area contributed by atoms with Gasteiger partial charge in [-0.05, 0) is 45.4 Å². The molecule has 2 aromatic heterocycles. The lowest BCUT2D eigenvalue weighted by Crippen LogP contribution is -2.38. The molecule has 168 valence electrons. The molecule has 9 heteroatoms. The second-order valence-electron chi connectivity index (χ2n) is 8.19. The molecule has 1 amide bonds. The first-order chi connectivity index (χ1) is 15.1. The Bertz CT molecular complexity index is 941. The number of aryl methyl sites for hydroxylation is 4. The number of aromatic amines is 1. The zero-order chi connectivity index (χ0) is 21.6. The van der Waals surface area contributed by atoms with Crippen LogP contribution in [0.4, 0.5) is 5.95 Å². The Balaban J connectivity index is 1.21. The van der Waals surface area contributed by atoms with E-state index in [1.807, 2.05) is 23.2 Å². The number of nitrogens with zero attached hydrogens (tertiary/aromatic N) is 3. The molecule has 3 heterocycles. The molecule has 0 saturated carbocycles. The van der Waals surface area contributed by atoms with Crippen molar-refractivity contribution < 1.29 is 9.53 Å². The largest absolute Gasteiger partial charge is 0.378 e. The van der Waals surface area contributed by atoms with Crippen LogP contribution in [0.15, 0.2) is 4.79 Å². The minimum absolute atomic E-state index is 0.0329. The summed E-state index contributed by atoms with van der Waals surface area (Å²) in [5.74, 6) is 0.553. The number of anilines is 1. The number of thiazole rings is 1. The number of hydrogen-bond donors (Lipinski definition) is 2. The van der Waals surface area contributed by atoms with Crippen LogP contribution in [0.1, 0.15) is 52.5 Å². The molecule has 2 aromatic rings. The quantitative estimate of drug-likeness (QED) is 0.603. The maximum Gasteiger partial charge on any atom is 0.255 e. The number of rotatable bonds is 8. The van der Waals surface area contributed by atoms with Crippen molar-refractivity contribution in [2.45, 2.75) is 58.3 Å². The summed E-state index contributed by atoms with van der Waals surface area (Å²) in [6.45, 7) is 5.17. The van der Waals surface area contributed by atoms with Crippen molar-refractivity contribution in [1.29, 1.82) is 0 Å². The Morgan fingerprint density at radius 2 is 2.00 bits per heavy atom. The summed E-state index contributed by atoms with van der Waals surface area (Å²) in [5, 5.41) is 4.16. The predicted octanol–water partition coefficient (Wildman–Crippen LogP) is 1.93. The van der Waals surface area contributed by atoms with Gasteiger partial charge in [-0.15, -0.1) is 11.3 Å². The molecule has 31 heavy (non-hydrogen) atoms. The van der Waals surface area contributed by atoms with Crippen LogP contribution >= 0.6 is 11.3 Å². The first-order valence-corrected chi connectivity index (χ1v) is 12.1. The summed E-state index contributed by atoms with van der Waals surface area (Å²) in [5.41, 5.74) is 2.41. The van der Waals surface area contributed by atoms with E-state index in [9.17, 15) is 9.59 Å². The van der Waals surface area contributed by atoms with Crippen LogP contribution in [0.3, 0.4) is 0 Å². The number of aromatic nitrogens is 3. The zero-order valence-electron chi connectivity index (χ0n) is 18.2. The third-order valence-electron chi connectivity index (χ3n) is 5.90. The molecule has 8 nitrogen and oxygen atoms in total. The lowest BCUT2D eigenvalue weighted by molar-refractivity contribution is -0.121. The molecule has 1 aliphatic heterocycles. The van der Waals surface area contributed by atoms with Crippen LogP contribution in [0, 0.1) is 6.92 Å². The van der Waals surface area contributed by atoms with E-state index in [2.05, 4.69) is 15.3 Å². The number of H-pyrrole nitrogens is 1.